The highest BCUT2D eigenvalue weighted by Gasteiger charge is 2.24. The van der Waals surface area contributed by atoms with Gasteiger partial charge < -0.3 is 5.32 Å². The van der Waals surface area contributed by atoms with Gasteiger partial charge in [-0.2, -0.15) is 11.8 Å². The predicted molar refractivity (Wildman–Crippen MR) is 71.6 cm³/mol. The lowest BCUT2D eigenvalue weighted by molar-refractivity contribution is 0.354. The molecule has 0 spiro atoms. The third-order valence-corrected chi connectivity index (χ3v) is 4.33. The lowest BCUT2D eigenvalue weighted by atomic mass is 9.92. The molecule has 2 unspecified atom stereocenters. The first-order valence-electron chi connectivity index (χ1n) is 6.36. The number of thioether (sulfide) groups is 1. The number of rotatable bonds is 5. The molecule has 0 radical (unpaired) electrons. The zero-order valence-corrected chi connectivity index (χ0v) is 11.6. The van der Waals surface area contributed by atoms with Crippen molar-refractivity contribution in [1.82, 2.24) is 5.32 Å². The minimum atomic E-state index is 0.475. The Balaban J connectivity index is 2.09. The molecule has 1 aliphatic carbocycles. The Hall–Kier alpha value is 0.310. The Morgan fingerprint density at radius 3 is 2.60 bits per heavy atom. The van der Waals surface area contributed by atoms with E-state index in [1.54, 1.807) is 0 Å². The van der Waals surface area contributed by atoms with Crippen LogP contribution in [0.4, 0.5) is 0 Å². The molecule has 2 heteroatoms. The summed E-state index contributed by atoms with van der Waals surface area (Å²) in [5.74, 6) is 1.28. The zero-order valence-electron chi connectivity index (χ0n) is 10.8. The Kier molecular flexibility index (Phi) is 5.48. The van der Waals surface area contributed by atoms with Gasteiger partial charge in [-0.3, -0.25) is 0 Å². The molecule has 0 amide bonds. The molecule has 1 saturated carbocycles. The van der Waals surface area contributed by atoms with E-state index in [-0.39, 0.29) is 0 Å². The number of hydrogen-bond donors (Lipinski definition) is 1. The van der Waals surface area contributed by atoms with Crippen LogP contribution in [0.15, 0.2) is 0 Å². The van der Waals surface area contributed by atoms with Gasteiger partial charge in [0.2, 0.25) is 0 Å². The molecule has 90 valence electrons. The van der Waals surface area contributed by atoms with Crippen molar-refractivity contribution in [3.05, 3.63) is 0 Å². The van der Waals surface area contributed by atoms with E-state index in [1.807, 2.05) is 0 Å². The van der Waals surface area contributed by atoms with Crippen LogP contribution < -0.4 is 5.32 Å². The summed E-state index contributed by atoms with van der Waals surface area (Å²) in [6.45, 7) is 10.4. The third-order valence-electron chi connectivity index (χ3n) is 3.09. The fourth-order valence-corrected chi connectivity index (χ4v) is 3.31. The highest BCUT2D eigenvalue weighted by Crippen LogP contribution is 2.29. The van der Waals surface area contributed by atoms with Gasteiger partial charge in [-0.05, 0) is 43.4 Å². The maximum absolute atomic E-state index is 3.71. The SMILES string of the molecule is CCSC1CCC(NCCC(C)(C)C)C1. The van der Waals surface area contributed by atoms with E-state index in [2.05, 4.69) is 44.8 Å². The minimum absolute atomic E-state index is 0.475. The van der Waals surface area contributed by atoms with Gasteiger partial charge in [-0.15, -0.1) is 0 Å². The van der Waals surface area contributed by atoms with Crippen molar-refractivity contribution in [2.45, 2.75) is 64.7 Å². The molecule has 0 bridgehead atoms. The first kappa shape index (κ1) is 13.4. The Morgan fingerprint density at radius 2 is 2.00 bits per heavy atom. The summed E-state index contributed by atoms with van der Waals surface area (Å²) in [6.07, 6.45) is 5.49. The molecule has 0 saturated heterocycles. The second kappa shape index (κ2) is 6.15. The first-order valence-corrected chi connectivity index (χ1v) is 7.41. The van der Waals surface area contributed by atoms with E-state index in [4.69, 9.17) is 0 Å². The highest BCUT2D eigenvalue weighted by atomic mass is 32.2. The van der Waals surface area contributed by atoms with Crippen LogP contribution in [0, 0.1) is 5.41 Å². The van der Waals surface area contributed by atoms with Crippen molar-refractivity contribution in [3.63, 3.8) is 0 Å². The van der Waals surface area contributed by atoms with Crippen molar-refractivity contribution in [3.8, 4) is 0 Å². The van der Waals surface area contributed by atoms with Crippen LogP contribution in [0.5, 0.6) is 0 Å². The quantitative estimate of drug-likeness (QED) is 0.772. The Bertz CT molecular complexity index is 174. The largest absolute Gasteiger partial charge is 0.314 e. The Morgan fingerprint density at radius 1 is 1.27 bits per heavy atom. The molecule has 1 rings (SSSR count). The van der Waals surface area contributed by atoms with Crippen LogP contribution in [0.2, 0.25) is 0 Å². The van der Waals surface area contributed by atoms with Crippen molar-refractivity contribution < 1.29 is 0 Å². The van der Waals surface area contributed by atoms with Crippen molar-refractivity contribution >= 4 is 11.8 Å². The van der Waals surface area contributed by atoms with Crippen LogP contribution in [0.25, 0.3) is 0 Å². The van der Waals surface area contributed by atoms with Gasteiger partial charge in [-0.1, -0.05) is 27.7 Å². The summed E-state index contributed by atoms with van der Waals surface area (Å²) in [5, 5.41) is 4.65. The van der Waals surface area contributed by atoms with E-state index >= 15 is 0 Å². The molecule has 0 aromatic rings. The van der Waals surface area contributed by atoms with Crippen LogP contribution in [-0.4, -0.2) is 23.6 Å². The van der Waals surface area contributed by atoms with E-state index in [1.165, 1.54) is 38.0 Å². The van der Waals surface area contributed by atoms with Gasteiger partial charge >= 0.3 is 0 Å². The Labute approximate surface area is 99.8 Å². The average Bonchev–Trinajstić information content (AvgIpc) is 2.51. The molecule has 0 aliphatic heterocycles. The smallest absolute Gasteiger partial charge is 0.00780 e. The highest BCUT2D eigenvalue weighted by molar-refractivity contribution is 7.99. The number of nitrogens with one attached hydrogen (secondary N) is 1. The summed E-state index contributed by atoms with van der Waals surface area (Å²) < 4.78 is 0. The molecule has 15 heavy (non-hydrogen) atoms. The molecule has 0 aromatic carbocycles. The topological polar surface area (TPSA) is 12.0 Å². The van der Waals surface area contributed by atoms with Crippen molar-refractivity contribution in [2.75, 3.05) is 12.3 Å². The molecule has 2 atom stereocenters. The van der Waals surface area contributed by atoms with Crippen molar-refractivity contribution in [1.29, 1.82) is 0 Å². The summed E-state index contributed by atoms with van der Waals surface area (Å²) >= 11 is 2.14. The van der Waals surface area contributed by atoms with E-state index < -0.39 is 0 Å². The molecule has 1 nitrogen and oxygen atoms in total. The lowest BCUT2D eigenvalue weighted by Crippen LogP contribution is -2.29. The van der Waals surface area contributed by atoms with Gasteiger partial charge in [0.15, 0.2) is 0 Å². The van der Waals surface area contributed by atoms with Crippen LogP contribution in [-0.2, 0) is 0 Å². The normalized spacial score (nSPS) is 27.2. The molecule has 0 aromatic heterocycles. The number of hydrogen-bond acceptors (Lipinski definition) is 2. The summed E-state index contributed by atoms with van der Waals surface area (Å²) in [4.78, 5) is 0. The molecule has 1 fully saturated rings. The molecular formula is C13H27NS. The second-order valence-corrected chi connectivity index (χ2v) is 7.43. The second-order valence-electron chi connectivity index (χ2n) is 5.85. The summed E-state index contributed by atoms with van der Waals surface area (Å²) in [6, 6.07) is 0.802. The molecular weight excluding hydrogens is 202 g/mol. The zero-order chi connectivity index (χ0) is 11.3. The maximum Gasteiger partial charge on any atom is 0.00780 e. The van der Waals surface area contributed by atoms with Crippen LogP contribution >= 0.6 is 11.8 Å². The van der Waals surface area contributed by atoms with Gasteiger partial charge in [-0.25, -0.2) is 0 Å². The van der Waals surface area contributed by atoms with Gasteiger partial charge in [0.1, 0.15) is 0 Å². The predicted octanol–water partition coefficient (Wildman–Crippen LogP) is 3.69. The monoisotopic (exact) mass is 229 g/mol. The molecule has 0 heterocycles. The fraction of sp³-hybridized carbons (Fsp3) is 1.00. The standard InChI is InChI=1S/C13H27NS/c1-5-15-12-7-6-11(10-12)14-9-8-13(2,3)4/h11-12,14H,5-10H2,1-4H3. The average molecular weight is 229 g/mol. The van der Waals surface area contributed by atoms with Crippen LogP contribution in [0.3, 0.4) is 0 Å². The van der Waals surface area contributed by atoms with E-state index in [0.717, 1.165) is 11.3 Å². The fourth-order valence-electron chi connectivity index (χ4n) is 2.16. The van der Waals surface area contributed by atoms with Crippen molar-refractivity contribution in [2.24, 2.45) is 5.41 Å². The van der Waals surface area contributed by atoms with Gasteiger partial charge in [0.05, 0.1) is 0 Å². The van der Waals surface area contributed by atoms with E-state index in [9.17, 15) is 0 Å². The first-order chi connectivity index (χ1) is 7.01. The maximum atomic E-state index is 3.71. The lowest BCUT2D eigenvalue weighted by Gasteiger charge is -2.20. The summed E-state index contributed by atoms with van der Waals surface area (Å²) in [7, 11) is 0. The minimum Gasteiger partial charge on any atom is -0.314 e. The summed E-state index contributed by atoms with van der Waals surface area (Å²) in [5.41, 5.74) is 0.475. The third kappa shape index (κ3) is 5.82. The van der Waals surface area contributed by atoms with E-state index in [0.29, 0.717) is 5.41 Å². The molecule has 1 N–H and O–H groups in total. The van der Waals surface area contributed by atoms with Gasteiger partial charge in [0, 0.05) is 11.3 Å². The van der Waals surface area contributed by atoms with Gasteiger partial charge in [0.25, 0.3) is 0 Å². The van der Waals surface area contributed by atoms with Crippen LogP contribution in [0.1, 0.15) is 53.4 Å². The molecule has 1 aliphatic rings.